The number of carbonyl (C=O) groups excluding carboxylic acids is 3. The molecule has 0 N–H and O–H groups in total. The number of carbonyl (C=O) groups is 3. The standard InChI is InChI=1S/C14H20F4O6/c1-4-9(3)10(19)23-6-7-24-12(21)14(17,18)8-13(15,16)11(20)22-5-2/h9H,4-8H2,1-3H3. The second kappa shape index (κ2) is 9.43. The number of ether oxygens (including phenoxy) is 3. The van der Waals surface area contributed by atoms with Crippen molar-refractivity contribution in [2.75, 3.05) is 19.8 Å². The van der Waals surface area contributed by atoms with E-state index in [4.69, 9.17) is 0 Å². The van der Waals surface area contributed by atoms with Gasteiger partial charge < -0.3 is 14.2 Å². The predicted octanol–water partition coefficient (Wildman–Crippen LogP) is 2.34. The van der Waals surface area contributed by atoms with Gasteiger partial charge in [-0.2, -0.15) is 17.6 Å². The fraction of sp³-hybridized carbons (Fsp3) is 0.786. The van der Waals surface area contributed by atoms with Crippen molar-refractivity contribution in [3.63, 3.8) is 0 Å². The van der Waals surface area contributed by atoms with Gasteiger partial charge in [-0.1, -0.05) is 13.8 Å². The molecule has 6 nitrogen and oxygen atoms in total. The summed E-state index contributed by atoms with van der Waals surface area (Å²) in [6.07, 6.45) is -1.87. The number of halogens is 4. The van der Waals surface area contributed by atoms with Crippen LogP contribution in [0.4, 0.5) is 17.6 Å². The van der Waals surface area contributed by atoms with Crippen LogP contribution in [0.5, 0.6) is 0 Å². The van der Waals surface area contributed by atoms with Gasteiger partial charge in [-0.05, 0) is 13.3 Å². The van der Waals surface area contributed by atoms with E-state index in [1.54, 1.807) is 13.8 Å². The summed E-state index contributed by atoms with van der Waals surface area (Å²) in [5.41, 5.74) is 0. The van der Waals surface area contributed by atoms with E-state index >= 15 is 0 Å². The molecule has 0 aromatic heterocycles. The molecule has 1 atom stereocenters. The van der Waals surface area contributed by atoms with E-state index in [9.17, 15) is 31.9 Å². The minimum atomic E-state index is -4.60. The maximum absolute atomic E-state index is 13.4. The summed E-state index contributed by atoms with van der Waals surface area (Å²) in [5, 5.41) is 0. The first-order chi connectivity index (χ1) is 11.0. The van der Waals surface area contributed by atoms with Crippen molar-refractivity contribution in [1.29, 1.82) is 0 Å². The molecule has 0 spiro atoms. The lowest BCUT2D eigenvalue weighted by atomic mass is 10.1. The van der Waals surface area contributed by atoms with E-state index in [-0.39, 0.29) is 0 Å². The van der Waals surface area contributed by atoms with Crippen molar-refractivity contribution in [3.8, 4) is 0 Å². The van der Waals surface area contributed by atoms with Crippen molar-refractivity contribution < 1.29 is 46.2 Å². The first-order valence-corrected chi connectivity index (χ1v) is 7.24. The summed E-state index contributed by atoms with van der Waals surface area (Å²) in [6.45, 7) is 2.91. The van der Waals surface area contributed by atoms with Gasteiger partial charge in [-0.3, -0.25) is 4.79 Å². The van der Waals surface area contributed by atoms with Gasteiger partial charge in [-0.25, -0.2) is 9.59 Å². The Morgan fingerprint density at radius 2 is 1.33 bits per heavy atom. The summed E-state index contributed by atoms with van der Waals surface area (Å²) in [5.74, 6) is -14.6. The first kappa shape index (κ1) is 22.1. The molecule has 0 amide bonds. The van der Waals surface area contributed by atoms with Crippen LogP contribution < -0.4 is 0 Å². The quantitative estimate of drug-likeness (QED) is 0.258. The van der Waals surface area contributed by atoms with Gasteiger partial charge in [0, 0.05) is 0 Å². The van der Waals surface area contributed by atoms with Crippen LogP contribution in [-0.2, 0) is 28.6 Å². The third-order valence-electron chi connectivity index (χ3n) is 2.89. The van der Waals surface area contributed by atoms with Gasteiger partial charge in [0.15, 0.2) is 0 Å². The SMILES string of the molecule is CCOC(=O)C(F)(F)CC(F)(F)C(=O)OCCOC(=O)C(C)CC. The largest absolute Gasteiger partial charge is 0.462 e. The number of alkyl halides is 4. The van der Waals surface area contributed by atoms with Crippen LogP contribution in [0.1, 0.15) is 33.6 Å². The van der Waals surface area contributed by atoms with E-state index in [2.05, 4.69) is 14.2 Å². The number of hydrogen-bond acceptors (Lipinski definition) is 6. The molecule has 0 bridgehead atoms. The molecule has 0 aromatic carbocycles. The summed E-state index contributed by atoms with van der Waals surface area (Å²) in [4.78, 5) is 33.3. The van der Waals surface area contributed by atoms with Gasteiger partial charge >= 0.3 is 29.8 Å². The summed E-state index contributed by atoms with van der Waals surface area (Å²) in [6, 6.07) is 0. The van der Waals surface area contributed by atoms with E-state index in [0.29, 0.717) is 6.42 Å². The minimum absolute atomic E-state index is 0.412. The molecule has 10 heteroatoms. The summed E-state index contributed by atoms with van der Waals surface area (Å²) < 4.78 is 66.0. The molecule has 0 fully saturated rings. The maximum atomic E-state index is 13.4. The lowest BCUT2D eigenvalue weighted by molar-refractivity contribution is -0.197. The number of hydrogen-bond donors (Lipinski definition) is 0. The van der Waals surface area contributed by atoms with Crippen LogP contribution >= 0.6 is 0 Å². The first-order valence-electron chi connectivity index (χ1n) is 7.24. The molecule has 1 unspecified atom stereocenters. The molecular weight excluding hydrogens is 340 g/mol. The zero-order valence-corrected chi connectivity index (χ0v) is 13.6. The Morgan fingerprint density at radius 3 is 1.79 bits per heavy atom. The van der Waals surface area contributed by atoms with Crippen LogP contribution in [0.25, 0.3) is 0 Å². The van der Waals surface area contributed by atoms with Crippen LogP contribution in [-0.4, -0.2) is 49.6 Å². The number of esters is 3. The molecular formula is C14H20F4O6. The van der Waals surface area contributed by atoms with Crippen LogP contribution in [0.2, 0.25) is 0 Å². The normalized spacial score (nSPS) is 13.1. The number of rotatable bonds is 10. The molecule has 0 saturated carbocycles. The molecule has 0 aromatic rings. The van der Waals surface area contributed by atoms with E-state index in [1.165, 1.54) is 6.92 Å². The zero-order valence-electron chi connectivity index (χ0n) is 13.6. The third kappa shape index (κ3) is 7.14. The van der Waals surface area contributed by atoms with E-state index in [0.717, 1.165) is 0 Å². The molecule has 0 radical (unpaired) electrons. The van der Waals surface area contributed by atoms with Gasteiger partial charge in [-0.15, -0.1) is 0 Å². The van der Waals surface area contributed by atoms with Crippen molar-refractivity contribution in [3.05, 3.63) is 0 Å². The lowest BCUT2D eigenvalue weighted by Crippen LogP contribution is -2.42. The zero-order chi connectivity index (χ0) is 19.0. The Labute approximate surface area is 136 Å². The van der Waals surface area contributed by atoms with E-state index < -0.39 is 61.9 Å². The summed E-state index contributed by atoms with van der Waals surface area (Å²) >= 11 is 0. The smallest absolute Gasteiger partial charge is 0.377 e. The second-order valence-electron chi connectivity index (χ2n) is 4.92. The molecule has 0 aliphatic heterocycles. The third-order valence-corrected chi connectivity index (χ3v) is 2.89. The maximum Gasteiger partial charge on any atom is 0.377 e. The topological polar surface area (TPSA) is 78.9 Å². The highest BCUT2D eigenvalue weighted by Crippen LogP contribution is 2.32. The Hall–Kier alpha value is -1.87. The Kier molecular flexibility index (Phi) is 8.70. The van der Waals surface area contributed by atoms with Crippen molar-refractivity contribution >= 4 is 17.9 Å². The van der Waals surface area contributed by atoms with Gasteiger partial charge in [0.05, 0.1) is 18.9 Å². The predicted molar refractivity (Wildman–Crippen MR) is 72.5 cm³/mol. The highest BCUT2D eigenvalue weighted by atomic mass is 19.3. The Morgan fingerprint density at radius 1 is 0.875 bits per heavy atom. The molecule has 140 valence electrons. The van der Waals surface area contributed by atoms with Crippen molar-refractivity contribution in [1.82, 2.24) is 0 Å². The average Bonchev–Trinajstić information content (AvgIpc) is 2.49. The van der Waals surface area contributed by atoms with Gasteiger partial charge in [0.2, 0.25) is 0 Å². The van der Waals surface area contributed by atoms with Crippen molar-refractivity contribution in [2.45, 2.75) is 45.5 Å². The van der Waals surface area contributed by atoms with Gasteiger partial charge in [0.1, 0.15) is 13.2 Å². The minimum Gasteiger partial charge on any atom is -0.462 e. The molecule has 0 rings (SSSR count). The fourth-order valence-electron chi connectivity index (χ4n) is 1.35. The van der Waals surface area contributed by atoms with E-state index in [1.807, 2.05) is 0 Å². The van der Waals surface area contributed by atoms with Crippen molar-refractivity contribution in [2.24, 2.45) is 5.92 Å². The molecule has 24 heavy (non-hydrogen) atoms. The monoisotopic (exact) mass is 360 g/mol. The second-order valence-corrected chi connectivity index (χ2v) is 4.92. The average molecular weight is 360 g/mol. The molecule has 0 heterocycles. The Bertz CT molecular complexity index is 453. The lowest BCUT2D eigenvalue weighted by Gasteiger charge is -2.20. The van der Waals surface area contributed by atoms with Crippen LogP contribution in [0, 0.1) is 5.92 Å². The summed E-state index contributed by atoms with van der Waals surface area (Å²) in [7, 11) is 0. The van der Waals surface area contributed by atoms with Crippen LogP contribution in [0.15, 0.2) is 0 Å². The highest BCUT2D eigenvalue weighted by Gasteiger charge is 2.54. The molecule has 0 aliphatic carbocycles. The Balaban J connectivity index is 4.43. The molecule has 0 saturated heterocycles. The molecule has 0 aliphatic rings. The fourth-order valence-corrected chi connectivity index (χ4v) is 1.35. The highest BCUT2D eigenvalue weighted by molar-refractivity contribution is 5.82. The van der Waals surface area contributed by atoms with Crippen LogP contribution in [0.3, 0.4) is 0 Å². The van der Waals surface area contributed by atoms with Gasteiger partial charge in [0.25, 0.3) is 0 Å².